The van der Waals surface area contributed by atoms with Crippen LogP contribution in [0.1, 0.15) is 19.3 Å². The summed E-state index contributed by atoms with van der Waals surface area (Å²) in [6.45, 7) is 2.76. The lowest BCUT2D eigenvalue weighted by Gasteiger charge is -2.31. The van der Waals surface area contributed by atoms with Gasteiger partial charge in [-0.3, -0.25) is 0 Å². The maximum Gasteiger partial charge on any atom is 0.0679 e. The zero-order chi connectivity index (χ0) is 8.44. The van der Waals surface area contributed by atoms with Crippen LogP contribution in [-0.4, -0.2) is 31.3 Å². The fourth-order valence-corrected chi connectivity index (χ4v) is 2.60. The first kappa shape index (κ1) is 8.97. The fraction of sp³-hybridized carbons (Fsp3) is 1.00. The molecule has 0 aromatic heterocycles. The van der Waals surface area contributed by atoms with E-state index in [1.807, 2.05) is 0 Å². The van der Waals surface area contributed by atoms with Crippen LogP contribution in [0.25, 0.3) is 0 Å². The van der Waals surface area contributed by atoms with Crippen molar-refractivity contribution < 1.29 is 9.47 Å². The van der Waals surface area contributed by atoms with E-state index in [4.69, 9.17) is 9.47 Å². The first-order valence-corrected chi connectivity index (χ1v) is 5.72. The van der Waals surface area contributed by atoms with Crippen LogP contribution in [-0.2, 0) is 9.47 Å². The van der Waals surface area contributed by atoms with Gasteiger partial charge in [-0.15, -0.1) is 0 Å². The molecule has 0 aromatic rings. The number of hydrogen-bond acceptors (Lipinski definition) is 2. The number of hydrogen-bond donors (Lipinski definition) is 0. The molecule has 0 unspecified atom stereocenters. The number of rotatable bonds is 1. The van der Waals surface area contributed by atoms with Gasteiger partial charge in [0.15, 0.2) is 0 Å². The van der Waals surface area contributed by atoms with Gasteiger partial charge in [0.2, 0.25) is 0 Å². The van der Waals surface area contributed by atoms with E-state index >= 15 is 0 Å². The average Bonchev–Trinajstić information content (AvgIpc) is 2.50. The Kier molecular flexibility index (Phi) is 2.72. The normalized spacial score (nSPS) is 42.2. The molecule has 2 heterocycles. The average molecular weight is 235 g/mol. The van der Waals surface area contributed by atoms with Crippen LogP contribution in [0, 0.1) is 5.41 Å². The Labute approximate surface area is 81.7 Å². The lowest BCUT2D eigenvalue weighted by atomic mass is 9.81. The van der Waals surface area contributed by atoms with Crippen molar-refractivity contribution in [1.29, 1.82) is 0 Å². The van der Waals surface area contributed by atoms with E-state index in [0.29, 0.717) is 11.5 Å². The molecule has 2 fully saturated rings. The smallest absolute Gasteiger partial charge is 0.0679 e. The van der Waals surface area contributed by atoms with Crippen LogP contribution in [0.5, 0.6) is 0 Å². The van der Waals surface area contributed by atoms with Crippen molar-refractivity contribution in [3.05, 3.63) is 0 Å². The zero-order valence-electron chi connectivity index (χ0n) is 7.22. The monoisotopic (exact) mass is 234 g/mol. The molecule has 2 aliphatic rings. The third-order valence-electron chi connectivity index (χ3n) is 2.86. The molecule has 1 spiro atoms. The number of ether oxygens (including phenoxy) is 2. The molecule has 2 atom stereocenters. The maximum absolute atomic E-state index is 5.67. The number of halogens is 1. The molecule has 0 aliphatic carbocycles. The van der Waals surface area contributed by atoms with Crippen LogP contribution < -0.4 is 0 Å². The van der Waals surface area contributed by atoms with E-state index in [1.165, 1.54) is 19.3 Å². The molecule has 0 saturated carbocycles. The van der Waals surface area contributed by atoms with Crippen LogP contribution in [0.3, 0.4) is 0 Å². The molecule has 0 aromatic carbocycles. The van der Waals surface area contributed by atoms with Crippen molar-refractivity contribution >= 4 is 15.9 Å². The second kappa shape index (κ2) is 3.64. The van der Waals surface area contributed by atoms with Crippen molar-refractivity contribution in [3.8, 4) is 0 Å². The topological polar surface area (TPSA) is 18.5 Å². The molecule has 70 valence electrons. The van der Waals surface area contributed by atoms with Gasteiger partial charge in [-0.05, 0) is 19.3 Å². The van der Waals surface area contributed by atoms with Crippen LogP contribution >= 0.6 is 15.9 Å². The lowest BCUT2D eigenvalue weighted by molar-refractivity contribution is -0.0132. The predicted octanol–water partition coefficient (Wildman–Crippen LogP) is 1.97. The zero-order valence-corrected chi connectivity index (χ0v) is 8.81. The van der Waals surface area contributed by atoms with E-state index in [-0.39, 0.29) is 0 Å². The van der Waals surface area contributed by atoms with Gasteiger partial charge in [0.05, 0.1) is 19.3 Å². The molecule has 3 heteroatoms. The summed E-state index contributed by atoms with van der Waals surface area (Å²) in [7, 11) is 0. The standard InChI is InChI=1S/C9H15BrO2/c10-5-8-4-9(7-12-8)2-1-3-11-6-9/h8H,1-7H2/t8-,9+/m0/s1. The van der Waals surface area contributed by atoms with Gasteiger partial charge in [-0.25, -0.2) is 0 Å². The molecule has 0 radical (unpaired) electrons. The highest BCUT2D eigenvalue weighted by Gasteiger charge is 2.41. The van der Waals surface area contributed by atoms with E-state index in [0.717, 1.165) is 25.2 Å². The first-order chi connectivity index (χ1) is 5.85. The minimum atomic E-state index is 0.372. The molecular weight excluding hydrogens is 220 g/mol. The van der Waals surface area contributed by atoms with Gasteiger partial charge in [0.25, 0.3) is 0 Å². The number of alkyl halides is 1. The minimum Gasteiger partial charge on any atom is -0.381 e. The molecule has 0 bridgehead atoms. The van der Waals surface area contributed by atoms with Gasteiger partial charge >= 0.3 is 0 Å². The van der Waals surface area contributed by atoms with Crippen molar-refractivity contribution in [2.75, 3.05) is 25.2 Å². The van der Waals surface area contributed by atoms with Gasteiger partial charge < -0.3 is 9.47 Å². The van der Waals surface area contributed by atoms with Gasteiger partial charge in [-0.1, -0.05) is 15.9 Å². The summed E-state index contributed by atoms with van der Waals surface area (Å²) < 4.78 is 11.2. The summed E-state index contributed by atoms with van der Waals surface area (Å²) in [6, 6.07) is 0. The Morgan fingerprint density at radius 2 is 2.33 bits per heavy atom. The highest BCUT2D eigenvalue weighted by Crippen LogP contribution is 2.39. The summed E-state index contributed by atoms with van der Waals surface area (Å²) in [4.78, 5) is 0. The Hall–Kier alpha value is 0.400. The second-order valence-corrected chi connectivity index (χ2v) is 4.60. The second-order valence-electron chi connectivity index (χ2n) is 3.95. The molecule has 0 amide bonds. The van der Waals surface area contributed by atoms with Crippen molar-refractivity contribution in [2.24, 2.45) is 5.41 Å². The first-order valence-electron chi connectivity index (χ1n) is 4.60. The Bertz CT molecular complexity index is 155. The quantitative estimate of drug-likeness (QED) is 0.647. The summed E-state index contributed by atoms with van der Waals surface area (Å²) >= 11 is 3.46. The van der Waals surface area contributed by atoms with Crippen molar-refractivity contribution in [2.45, 2.75) is 25.4 Å². The molecular formula is C9H15BrO2. The third-order valence-corrected chi connectivity index (χ3v) is 3.58. The van der Waals surface area contributed by atoms with Gasteiger partial charge in [0.1, 0.15) is 0 Å². The van der Waals surface area contributed by atoms with Crippen LogP contribution in [0.4, 0.5) is 0 Å². The van der Waals surface area contributed by atoms with Crippen molar-refractivity contribution in [3.63, 3.8) is 0 Å². The molecule has 2 rings (SSSR count). The summed E-state index contributed by atoms with van der Waals surface area (Å²) in [5.41, 5.74) is 0.372. The van der Waals surface area contributed by atoms with Crippen LogP contribution in [0.15, 0.2) is 0 Å². The van der Waals surface area contributed by atoms with Crippen molar-refractivity contribution in [1.82, 2.24) is 0 Å². The summed E-state index contributed by atoms with van der Waals surface area (Å²) in [5.74, 6) is 0. The van der Waals surface area contributed by atoms with E-state index in [9.17, 15) is 0 Å². The van der Waals surface area contributed by atoms with Gasteiger partial charge in [0, 0.05) is 17.4 Å². The predicted molar refractivity (Wildman–Crippen MR) is 50.6 cm³/mol. The Morgan fingerprint density at radius 1 is 1.42 bits per heavy atom. The third kappa shape index (κ3) is 1.68. The molecule has 2 aliphatic heterocycles. The lowest BCUT2D eigenvalue weighted by Crippen LogP contribution is -2.32. The maximum atomic E-state index is 5.67. The van der Waals surface area contributed by atoms with E-state index in [2.05, 4.69) is 15.9 Å². The molecule has 0 N–H and O–H groups in total. The molecule has 2 nitrogen and oxygen atoms in total. The van der Waals surface area contributed by atoms with Gasteiger partial charge in [-0.2, -0.15) is 0 Å². The largest absolute Gasteiger partial charge is 0.381 e. The Morgan fingerprint density at radius 3 is 2.92 bits per heavy atom. The molecule has 12 heavy (non-hydrogen) atoms. The van der Waals surface area contributed by atoms with E-state index < -0.39 is 0 Å². The van der Waals surface area contributed by atoms with Crippen LogP contribution in [0.2, 0.25) is 0 Å². The fourth-order valence-electron chi connectivity index (χ4n) is 2.18. The van der Waals surface area contributed by atoms with E-state index in [1.54, 1.807) is 0 Å². The highest BCUT2D eigenvalue weighted by atomic mass is 79.9. The minimum absolute atomic E-state index is 0.372. The molecule has 2 saturated heterocycles. The highest BCUT2D eigenvalue weighted by molar-refractivity contribution is 9.09. The summed E-state index contributed by atoms with van der Waals surface area (Å²) in [5, 5.41) is 0.967. The summed E-state index contributed by atoms with van der Waals surface area (Å²) in [6.07, 6.45) is 4.10. The SMILES string of the molecule is BrC[C@@H]1C[C@@]2(CCCOC2)CO1. The Balaban J connectivity index is 1.94.